The fourth-order valence-electron chi connectivity index (χ4n) is 3.80. The third-order valence-corrected chi connectivity index (χ3v) is 5.77. The van der Waals surface area contributed by atoms with E-state index in [4.69, 9.17) is 15.2 Å². The SMILES string of the molecule is CCOCCOc1cc(C)ccc1CNC(=NC)NCCCCN1CCC(C(N)=O)CC1. The number of unbranched alkanes of at least 4 members (excludes halogenated alkanes) is 1. The number of amides is 1. The van der Waals surface area contributed by atoms with E-state index in [1.54, 1.807) is 7.05 Å². The van der Waals surface area contributed by atoms with Crippen molar-refractivity contribution < 1.29 is 14.3 Å². The number of aliphatic imine (C=N–C) groups is 1. The molecule has 1 aliphatic rings. The molecular formula is C24H41N5O3. The summed E-state index contributed by atoms with van der Waals surface area (Å²) in [6, 6.07) is 6.24. The molecule has 1 amide bonds. The highest BCUT2D eigenvalue weighted by atomic mass is 16.5. The van der Waals surface area contributed by atoms with Gasteiger partial charge in [0, 0.05) is 38.2 Å². The van der Waals surface area contributed by atoms with E-state index in [1.165, 1.54) is 5.56 Å². The number of nitrogens with one attached hydrogen (secondary N) is 2. The largest absolute Gasteiger partial charge is 0.491 e. The zero-order valence-electron chi connectivity index (χ0n) is 20.0. The summed E-state index contributed by atoms with van der Waals surface area (Å²) in [6.07, 6.45) is 3.95. The fourth-order valence-corrected chi connectivity index (χ4v) is 3.80. The number of nitrogens with zero attached hydrogens (tertiary/aromatic N) is 2. The highest BCUT2D eigenvalue weighted by Crippen LogP contribution is 2.20. The predicted octanol–water partition coefficient (Wildman–Crippen LogP) is 2.05. The lowest BCUT2D eigenvalue weighted by atomic mass is 9.96. The molecule has 8 nitrogen and oxygen atoms in total. The van der Waals surface area contributed by atoms with Gasteiger partial charge >= 0.3 is 0 Å². The highest BCUT2D eigenvalue weighted by molar-refractivity contribution is 5.79. The molecule has 32 heavy (non-hydrogen) atoms. The third kappa shape index (κ3) is 9.44. The van der Waals surface area contributed by atoms with Gasteiger partial charge in [0.1, 0.15) is 12.4 Å². The quantitative estimate of drug-likeness (QED) is 0.243. The molecule has 1 fully saturated rings. The molecule has 1 saturated heterocycles. The van der Waals surface area contributed by atoms with Gasteiger partial charge in [-0.1, -0.05) is 12.1 Å². The Morgan fingerprint density at radius 2 is 2.00 bits per heavy atom. The summed E-state index contributed by atoms with van der Waals surface area (Å²) in [4.78, 5) is 18.0. The van der Waals surface area contributed by atoms with Crippen molar-refractivity contribution in [1.82, 2.24) is 15.5 Å². The summed E-state index contributed by atoms with van der Waals surface area (Å²) in [6.45, 7) is 10.4. The highest BCUT2D eigenvalue weighted by Gasteiger charge is 2.22. The van der Waals surface area contributed by atoms with Gasteiger partial charge in [-0.2, -0.15) is 0 Å². The Labute approximate surface area is 192 Å². The fraction of sp³-hybridized carbons (Fsp3) is 0.667. The minimum Gasteiger partial charge on any atom is -0.491 e. The number of hydrogen-bond acceptors (Lipinski definition) is 5. The normalized spacial score (nSPS) is 15.5. The van der Waals surface area contributed by atoms with Crippen LogP contribution in [-0.2, 0) is 16.1 Å². The molecule has 0 bridgehead atoms. The van der Waals surface area contributed by atoms with E-state index in [2.05, 4.69) is 45.6 Å². The van der Waals surface area contributed by atoms with Gasteiger partial charge in [-0.3, -0.25) is 9.79 Å². The van der Waals surface area contributed by atoms with Crippen LogP contribution in [-0.4, -0.2) is 69.8 Å². The number of carbonyl (C=O) groups is 1. The number of aryl methyl sites for hydroxylation is 1. The minimum atomic E-state index is -0.150. The average Bonchev–Trinajstić information content (AvgIpc) is 2.79. The molecular weight excluding hydrogens is 406 g/mol. The van der Waals surface area contributed by atoms with Crippen LogP contribution >= 0.6 is 0 Å². The Bertz CT molecular complexity index is 718. The van der Waals surface area contributed by atoms with Crippen molar-refractivity contribution in [1.29, 1.82) is 0 Å². The molecule has 1 aliphatic heterocycles. The Morgan fingerprint density at radius 3 is 2.69 bits per heavy atom. The molecule has 0 aliphatic carbocycles. The second kappa shape index (κ2) is 14.7. The number of nitrogens with two attached hydrogens (primary N) is 1. The number of likely N-dealkylation sites (tertiary alicyclic amines) is 1. The van der Waals surface area contributed by atoms with Crippen LogP contribution < -0.4 is 21.1 Å². The first-order valence-corrected chi connectivity index (χ1v) is 11.8. The number of benzene rings is 1. The maximum atomic E-state index is 11.3. The lowest BCUT2D eigenvalue weighted by Gasteiger charge is -2.30. The van der Waals surface area contributed by atoms with Crippen molar-refractivity contribution in [3.63, 3.8) is 0 Å². The van der Waals surface area contributed by atoms with Crippen LogP contribution in [0.1, 0.15) is 43.7 Å². The summed E-state index contributed by atoms with van der Waals surface area (Å²) in [5, 5.41) is 6.76. The molecule has 1 heterocycles. The van der Waals surface area contributed by atoms with Crippen LogP contribution in [0.5, 0.6) is 5.75 Å². The second-order valence-corrected chi connectivity index (χ2v) is 8.23. The maximum Gasteiger partial charge on any atom is 0.220 e. The van der Waals surface area contributed by atoms with E-state index in [0.29, 0.717) is 26.4 Å². The molecule has 180 valence electrons. The Hall–Kier alpha value is -2.32. The molecule has 1 aromatic carbocycles. The minimum absolute atomic E-state index is 0.0615. The van der Waals surface area contributed by atoms with Gasteiger partial charge in [-0.15, -0.1) is 0 Å². The van der Waals surface area contributed by atoms with Crippen molar-refractivity contribution in [3.05, 3.63) is 29.3 Å². The van der Waals surface area contributed by atoms with Crippen molar-refractivity contribution in [2.24, 2.45) is 16.6 Å². The summed E-state index contributed by atoms with van der Waals surface area (Å²) >= 11 is 0. The summed E-state index contributed by atoms with van der Waals surface area (Å²) in [5.74, 6) is 1.58. The van der Waals surface area contributed by atoms with Crippen molar-refractivity contribution >= 4 is 11.9 Å². The first kappa shape index (κ1) is 25.9. The van der Waals surface area contributed by atoms with Gasteiger partial charge < -0.3 is 30.7 Å². The van der Waals surface area contributed by atoms with Crippen LogP contribution in [0.3, 0.4) is 0 Å². The van der Waals surface area contributed by atoms with Crippen LogP contribution in [0.4, 0.5) is 0 Å². The molecule has 0 unspecified atom stereocenters. The Morgan fingerprint density at radius 1 is 1.22 bits per heavy atom. The monoisotopic (exact) mass is 447 g/mol. The van der Waals surface area contributed by atoms with Gasteiger partial charge in [0.2, 0.25) is 5.91 Å². The van der Waals surface area contributed by atoms with Gasteiger partial charge in [0.15, 0.2) is 5.96 Å². The van der Waals surface area contributed by atoms with Crippen molar-refractivity contribution in [3.8, 4) is 5.75 Å². The number of primary amides is 1. The zero-order valence-corrected chi connectivity index (χ0v) is 20.0. The number of rotatable bonds is 13. The van der Waals surface area contributed by atoms with Crippen LogP contribution in [0.2, 0.25) is 0 Å². The predicted molar refractivity (Wildman–Crippen MR) is 129 cm³/mol. The molecule has 0 aromatic heterocycles. The van der Waals surface area contributed by atoms with E-state index in [-0.39, 0.29) is 11.8 Å². The van der Waals surface area contributed by atoms with Crippen LogP contribution in [0.25, 0.3) is 0 Å². The van der Waals surface area contributed by atoms with Gasteiger partial charge in [0.25, 0.3) is 0 Å². The number of hydrogen-bond donors (Lipinski definition) is 3. The molecule has 0 atom stereocenters. The van der Waals surface area contributed by atoms with E-state index in [9.17, 15) is 4.79 Å². The third-order valence-electron chi connectivity index (χ3n) is 5.77. The van der Waals surface area contributed by atoms with Gasteiger partial charge in [-0.05, 0) is 70.8 Å². The Balaban J connectivity index is 1.66. The molecule has 2 rings (SSSR count). The zero-order chi connectivity index (χ0) is 23.2. The van der Waals surface area contributed by atoms with E-state index in [1.807, 2.05) is 6.92 Å². The van der Waals surface area contributed by atoms with E-state index in [0.717, 1.165) is 69.1 Å². The van der Waals surface area contributed by atoms with Gasteiger partial charge in [0.05, 0.1) is 6.61 Å². The lowest BCUT2D eigenvalue weighted by molar-refractivity contribution is -0.123. The number of carbonyl (C=O) groups excluding carboxylic acids is 1. The summed E-state index contributed by atoms with van der Waals surface area (Å²) in [7, 11) is 1.78. The number of ether oxygens (including phenoxy) is 2. The number of guanidine groups is 1. The van der Waals surface area contributed by atoms with Gasteiger partial charge in [-0.25, -0.2) is 0 Å². The molecule has 4 N–H and O–H groups in total. The van der Waals surface area contributed by atoms with E-state index < -0.39 is 0 Å². The summed E-state index contributed by atoms with van der Waals surface area (Å²) in [5.41, 5.74) is 7.67. The standard InChI is InChI=1S/C24H41N5O3/c1-4-31-15-16-32-22-17-19(2)7-8-21(22)18-28-24(26-3)27-11-5-6-12-29-13-9-20(10-14-29)23(25)30/h7-8,17,20H,4-6,9-16,18H2,1-3H3,(H2,25,30)(H2,26,27,28). The Kier molecular flexibility index (Phi) is 11.9. The molecule has 0 spiro atoms. The topological polar surface area (TPSA) is 101 Å². The summed E-state index contributed by atoms with van der Waals surface area (Å²) < 4.78 is 11.3. The first-order valence-electron chi connectivity index (χ1n) is 11.8. The average molecular weight is 448 g/mol. The molecule has 1 aromatic rings. The first-order chi connectivity index (χ1) is 15.5. The maximum absolute atomic E-state index is 11.3. The second-order valence-electron chi connectivity index (χ2n) is 8.23. The number of piperidine rings is 1. The molecule has 0 saturated carbocycles. The smallest absolute Gasteiger partial charge is 0.220 e. The lowest BCUT2D eigenvalue weighted by Crippen LogP contribution is -2.39. The molecule has 8 heteroatoms. The van der Waals surface area contributed by atoms with E-state index >= 15 is 0 Å². The van der Waals surface area contributed by atoms with Crippen LogP contribution in [0.15, 0.2) is 23.2 Å². The molecule has 0 radical (unpaired) electrons. The van der Waals surface area contributed by atoms with Crippen LogP contribution in [0, 0.1) is 12.8 Å². The van der Waals surface area contributed by atoms with Crippen molar-refractivity contribution in [2.75, 3.05) is 53.0 Å². The van der Waals surface area contributed by atoms with Crippen molar-refractivity contribution in [2.45, 2.75) is 46.1 Å².